The number of nitrogens with zero attached hydrogens (tertiary/aromatic N) is 3. The maximum Gasteiger partial charge on any atom is 0.0366 e. The van der Waals surface area contributed by atoms with E-state index in [0.29, 0.717) is 6.54 Å². The van der Waals surface area contributed by atoms with Crippen molar-refractivity contribution in [2.75, 3.05) is 57.8 Å². The summed E-state index contributed by atoms with van der Waals surface area (Å²) in [7, 11) is 2.21. The van der Waals surface area contributed by atoms with Gasteiger partial charge >= 0.3 is 0 Å². The zero-order valence-corrected chi connectivity index (χ0v) is 13.6. The molecule has 0 unspecified atom stereocenters. The molecule has 0 spiro atoms. The summed E-state index contributed by atoms with van der Waals surface area (Å²) in [6.07, 6.45) is 1.18. The third-order valence-corrected chi connectivity index (χ3v) is 4.31. The molecule has 2 rings (SSSR count). The normalized spacial score (nSPS) is 17.1. The first-order valence-electron chi connectivity index (χ1n) is 8.17. The van der Waals surface area contributed by atoms with Crippen molar-refractivity contribution in [1.29, 1.82) is 0 Å². The first-order valence-corrected chi connectivity index (χ1v) is 8.17. The number of hydrogen-bond donors (Lipinski definition) is 1. The van der Waals surface area contributed by atoms with Gasteiger partial charge in [0.15, 0.2) is 0 Å². The molecule has 0 aromatic heterocycles. The Hall–Kier alpha value is -1.10. The second-order valence-corrected chi connectivity index (χ2v) is 6.00. The van der Waals surface area contributed by atoms with Gasteiger partial charge in [-0.2, -0.15) is 0 Å². The van der Waals surface area contributed by atoms with Crippen LogP contribution in [0, 0.1) is 0 Å². The Morgan fingerprint density at radius 1 is 1.05 bits per heavy atom. The van der Waals surface area contributed by atoms with Gasteiger partial charge in [-0.25, -0.2) is 0 Å². The van der Waals surface area contributed by atoms with Crippen molar-refractivity contribution in [3.63, 3.8) is 0 Å². The highest BCUT2D eigenvalue weighted by Gasteiger charge is 2.14. The molecule has 118 valence electrons. The van der Waals surface area contributed by atoms with Gasteiger partial charge < -0.3 is 15.5 Å². The van der Waals surface area contributed by atoms with Crippen molar-refractivity contribution in [3.05, 3.63) is 29.8 Å². The highest BCUT2D eigenvalue weighted by Crippen LogP contribution is 2.16. The lowest BCUT2D eigenvalue weighted by Crippen LogP contribution is -2.47. The molecule has 1 aliphatic rings. The Morgan fingerprint density at radius 3 is 2.29 bits per heavy atom. The Morgan fingerprint density at radius 2 is 1.71 bits per heavy atom. The Labute approximate surface area is 129 Å². The molecule has 1 aromatic carbocycles. The Balaban J connectivity index is 1.88. The van der Waals surface area contributed by atoms with Crippen LogP contribution in [0.1, 0.15) is 18.9 Å². The summed E-state index contributed by atoms with van der Waals surface area (Å²) in [6, 6.07) is 8.71. The monoisotopic (exact) mass is 290 g/mol. The van der Waals surface area contributed by atoms with E-state index in [1.807, 2.05) is 0 Å². The van der Waals surface area contributed by atoms with Gasteiger partial charge in [-0.3, -0.25) is 4.90 Å². The van der Waals surface area contributed by atoms with E-state index in [4.69, 9.17) is 5.73 Å². The topological polar surface area (TPSA) is 35.7 Å². The fraction of sp³-hybridized carbons (Fsp3) is 0.647. The van der Waals surface area contributed by atoms with E-state index < -0.39 is 0 Å². The minimum absolute atomic E-state index is 0.620. The number of likely N-dealkylation sites (N-methyl/N-ethyl adjacent to an activating group) is 1. The smallest absolute Gasteiger partial charge is 0.0366 e. The summed E-state index contributed by atoms with van der Waals surface area (Å²) >= 11 is 0. The van der Waals surface area contributed by atoms with Crippen molar-refractivity contribution in [3.8, 4) is 0 Å². The lowest BCUT2D eigenvalue weighted by Gasteiger charge is -2.34. The summed E-state index contributed by atoms with van der Waals surface area (Å²) in [5.41, 5.74) is 8.20. The molecular formula is C17H30N4. The number of anilines is 1. The van der Waals surface area contributed by atoms with Crippen LogP contribution in [0.5, 0.6) is 0 Å². The van der Waals surface area contributed by atoms with Gasteiger partial charge in [0.05, 0.1) is 0 Å². The third-order valence-electron chi connectivity index (χ3n) is 4.31. The van der Waals surface area contributed by atoms with E-state index in [0.717, 1.165) is 19.6 Å². The molecule has 21 heavy (non-hydrogen) atoms. The first-order chi connectivity index (χ1) is 10.2. The first kappa shape index (κ1) is 16.3. The maximum atomic E-state index is 5.68. The molecule has 0 amide bonds. The predicted octanol–water partition coefficient (Wildman–Crippen LogP) is 1.61. The molecule has 4 nitrogen and oxygen atoms in total. The van der Waals surface area contributed by atoms with E-state index in [1.165, 1.54) is 43.9 Å². The van der Waals surface area contributed by atoms with Crippen LogP contribution in [0.4, 0.5) is 5.69 Å². The second-order valence-electron chi connectivity index (χ2n) is 6.00. The number of nitrogens with two attached hydrogens (primary N) is 1. The van der Waals surface area contributed by atoms with Crippen LogP contribution >= 0.6 is 0 Å². The maximum absolute atomic E-state index is 5.68. The summed E-state index contributed by atoms with van der Waals surface area (Å²) in [6.45, 7) is 11.0. The van der Waals surface area contributed by atoms with Gasteiger partial charge in [0.1, 0.15) is 0 Å². The van der Waals surface area contributed by atoms with Gasteiger partial charge in [0.2, 0.25) is 0 Å². The summed E-state index contributed by atoms with van der Waals surface area (Å²) < 4.78 is 0. The average molecular weight is 290 g/mol. The van der Waals surface area contributed by atoms with Gasteiger partial charge in [-0.05, 0) is 31.2 Å². The number of benzene rings is 1. The Bertz CT molecular complexity index is 396. The van der Waals surface area contributed by atoms with Crippen molar-refractivity contribution >= 4 is 5.69 Å². The summed E-state index contributed by atoms with van der Waals surface area (Å²) in [5.74, 6) is 0. The number of rotatable bonds is 7. The second kappa shape index (κ2) is 8.37. The van der Waals surface area contributed by atoms with Crippen LogP contribution in [0.2, 0.25) is 0 Å². The van der Waals surface area contributed by atoms with Crippen molar-refractivity contribution in [2.24, 2.45) is 5.73 Å². The van der Waals surface area contributed by atoms with E-state index in [9.17, 15) is 0 Å². The highest BCUT2D eigenvalue weighted by molar-refractivity contribution is 5.47. The molecule has 4 heteroatoms. The van der Waals surface area contributed by atoms with Crippen LogP contribution < -0.4 is 10.6 Å². The van der Waals surface area contributed by atoms with Crippen molar-refractivity contribution in [2.45, 2.75) is 19.9 Å². The number of piperazine rings is 1. The summed E-state index contributed by atoms with van der Waals surface area (Å²) in [4.78, 5) is 7.49. The standard InChI is InChI=1S/C17H30N4/c1-3-8-21(17-6-4-16(15-18)5-7-17)14-13-20-11-9-19(2)10-12-20/h4-7H,3,8-15,18H2,1-2H3. The fourth-order valence-corrected chi connectivity index (χ4v) is 2.82. The molecular weight excluding hydrogens is 260 g/mol. The molecule has 0 bridgehead atoms. The van der Waals surface area contributed by atoms with Crippen LogP contribution in [0.15, 0.2) is 24.3 Å². The van der Waals surface area contributed by atoms with Gasteiger partial charge in [0, 0.05) is 58.0 Å². The van der Waals surface area contributed by atoms with E-state index in [-0.39, 0.29) is 0 Å². The quantitative estimate of drug-likeness (QED) is 0.827. The molecule has 0 aliphatic carbocycles. The largest absolute Gasteiger partial charge is 0.370 e. The minimum Gasteiger partial charge on any atom is -0.370 e. The van der Waals surface area contributed by atoms with Gasteiger partial charge in [0.25, 0.3) is 0 Å². The van der Waals surface area contributed by atoms with Crippen LogP contribution in [0.3, 0.4) is 0 Å². The molecule has 1 heterocycles. The molecule has 2 N–H and O–H groups in total. The molecule has 1 aliphatic heterocycles. The SMILES string of the molecule is CCCN(CCN1CCN(C)CC1)c1ccc(CN)cc1. The summed E-state index contributed by atoms with van der Waals surface area (Å²) in [5, 5.41) is 0. The van der Waals surface area contributed by atoms with Gasteiger partial charge in [-0.1, -0.05) is 19.1 Å². The minimum atomic E-state index is 0.620. The average Bonchev–Trinajstić information content (AvgIpc) is 2.53. The molecule has 0 atom stereocenters. The lowest BCUT2D eigenvalue weighted by molar-refractivity contribution is 0.157. The molecule has 1 fully saturated rings. The molecule has 1 aromatic rings. The lowest BCUT2D eigenvalue weighted by atomic mass is 10.2. The zero-order valence-electron chi connectivity index (χ0n) is 13.6. The molecule has 1 saturated heterocycles. The van der Waals surface area contributed by atoms with Crippen LogP contribution in [-0.4, -0.2) is 62.7 Å². The van der Waals surface area contributed by atoms with Crippen LogP contribution in [0.25, 0.3) is 0 Å². The molecule has 0 saturated carbocycles. The van der Waals surface area contributed by atoms with Gasteiger partial charge in [-0.15, -0.1) is 0 Å². The van der Waals surface area contributed by atoms with Crippen LogP contribution in [-0.2, 0) is 6.54 Å². The van der Waals surface area contributed by atoms with Crippen molar-refractivity contribution in [1.82, 2.24) is 9.80 Å². The predicted molar refractivity (Wildman–Crippen MR) is 90.8 cm³/mol. The van der Waals surface area contributed by atoms with E-state index in [1.54, 1.807) is 0 Å². The zero-order chi connectivity index (χ0) is 15.1. The number of hydrogen-bond acceptors (Lipinski definition) is 4. The fourth-order valence-electron chi connectivity index (χ4n) is 2.82. The van der Waals surface area contributed by atoms with E-state index in [2.05, 4.69) is 52.9 Å². The third kappa shape index (κ3) is 4.99. The van der Waals surface area contributed by atoms with Crippen molar-refractivity contribution < 1.29 is 0 Å². The highest BCUT2D eigenvalue weighted by atomic mass is 15.3. The van der Waals surface area contributed by atoms with E-state index >= 15 is 0 Å². The Kier molecular flexibility index (Phi) is 6.49. The molecule has 0 radical (unpaired) electrons.